The smallest absolute Gasteiger partial charge is 0.0666 e. The summed E-state index contributed by atoms with van der Waals surface area (Å²) in [5.74, 6) is 0. The predicted octanol–water partition coefficient (Wildman–Crippen LogP) is 2.98. The maximum atomic E-state index is 5.96. The van der Waals surface area contributed by atoms with Gasteiger partial charge in [0.2, 0.25) is 0 Å². The second kappa shape index (κ2) is 2.50. The molecule has 0 saturated carbocycles. The van der Waals surface area contributed by atoms with Crippen LogP contribution < -0.4 is 0 Å². The number of aromatic nitrogens is 2. The van der Waals surface area contributed by atoms with Crippen molar-refractivity contribution >= 4 is 38.4 Å². The molecule has 2 rings (SSSR count). The number of nitrogens with zero attached hydrogens (tertiary/aromatic N) is 1. The second-order valence-corrected chi connectivity index (χ2v) is 3.42. The minimum Gasteiger partial charge on any atom is -0.278 e. The Morgan fingerprint density at radius 1 is 1.45 bits per heavy atom. The quantitative estimate of drug-likeness (QED) is 0.742. The highest BCUT2D eigenvalue weighted by molar-refractivity contribution is 9.10. The molecule has 0 radical (unpaired) electrons. The van der Waals surface area contributed by atoms with Crippen LogP contribution in [-0.2, 0) is 0 Å². The van der Waals surface area contributed by atoms with Crippen molar-refractivity contribution in [1.82, 2.24) is 10.2 Å². The molecule has 1 N–H and O–H groups in total. The van der Waals surface area contributed by atoms with E-state index in [1.807, 2.05) is 12.1 Å². The van der Waals surface area contributed by atoms with E-state index < -0.39 is 0 Å². The molecule has 11 heavy (non-hydrogen) atoms. The maximum Gasteiger partial charge on any atom is 0.0666 e. The van der Waals surface area contributed by atoms with Gasteiger partial charge in [0.15, 0.2) is 0 Å². The van der Waals surface area contributed by atoms with Crippen molar-refractivity contribution in [2.75, 3.05) is 0 Å². The summed E-state index contributed by atoms with van der Waals surface area (Å²) in [5, 5.41) is 8.36. The minimum absolute atomic E-state index is 0.705. The Balaban J connectivity index is 2.93. The highest BCUT2D eigenvalue weighted by atomic mass is 79.9. The Labute approximate surface area is 76.7 Å². The van der Waals surface area contributed by atoms with Gasteiger partial charge in [-0.1, -0.05) is 11.6 Å². The lowest BCUT2D eigenvalue weighted by Gasteiger charge is -1.94. The lowest BCUT2D eigenvalue weighted by atomic mass is 10.3. The Hall–Kier alpha value is -0.540. The number of hydrogen-bond acceptors (Lipinski definition) is 1. The van der Waals surface area contributed by atoms with Crippen molar-refractivity contribution in [2.24, 2.45) is 0 Å². The largest absolute Gasteiger partial charge is 0.278 e. The highest BCUT2D eigenvalue weighted by Crippen LogP contribution is 2.29. The number of rotatable bonds is 0. The van der Waals surface area contributed by atoms with Gasteiger partial charge in [-0.3, -0.25) is 5.10 Å². The van der Waals surface area contributed by atoms with Gasteiger partial charge >= 0.3 is 0 Å². The SMILES string of the molecule is Clc1c(Br)ccc2[nH]ncc12. The molecule has 0 saturated heterocycles. The fourth-order valence-electron chi connectivity index (χ4n) is 0.956. The third kappa shape index (κ3) is 1.04. The van der Waals surface area contributed by atoms with Crippen LogP contribution in [-0.4, -0.2) is 10.2 Å². The van der Waals surface area contributed by atoms with Crippen LogP contribution in [0, 0.1) is 0 Å². The van der Waals surface area contributed by atoms with Crippen LogP contribution in [0.2, 0.25) is 5.02 Å². The molecule has 2 aromatic rings. The molecule has 0 atom stereocenters. The number of fused-ring (bicyclic) bond motifs is 1. The van der Waals surface area contributed by atoms with Crippen LogP contribution in [0.1, 0.15) is 0 Å². The second-order valence-electron chi connectivity index (χ2n) is 2.19. The van der Waals surface area contributed by atoms with E-state index in [1.165, 1.54) is 0 Å². The first kappa shape index (κ1) is 7.13. The van der Waals surface area contributed by atoms with E-state index in [4.69, 9.17) is 11.6 Å². The van der Waals surface area contributed by atoms with E-state index in [1.54, 1.807) is 6.20 Å². The van der Waals surface area contributed by atoms with E-state index in [-0.39, 0.29) is 0 Å². The zero-order chi connectivity index (χ0) is 7.84. The zero-order valence-electron chi connectivity index (χ0n) is 5.44. The van der Waals surface area contributed by atoms with Crippen LogP contribution in [0.15, 0.2) is 22.8 Å². The predicted molar refractivity (Wildman–Crippen MR) is 48.8 cm³/mol. The third-order valence-electron chi connectivity index (χ3n) is 1.51. The van der Waals surface area contributed by atoms with E-state index in [0.717, 1.165) is 15.4 Å². The van der Waals surface area contributed by atoms with Crippen molar-refractivity contribution in [3.8, 4) is 0 Å². The summed E-state index contributed by atoms with van der Waals surface area (Å²) in [6, 6.07) is 3.82. The zero-order valence-corrected chi connectivity index (χ0v) is 7.78. The van der Waals surface area contributed by atoms with E-state index in [0.29, 0.717) is 5.02 Å². The van der Waals surface area contributed by atoms with Crippen molar-refractivity contribution in [1.29, 1.82) is 0 Å². The van der Waals surface area contributed by atoms with Gasteiger partial charge in [0.1, 0.15) is 0 Å². The first-order valence-electron chi connectivity index (χ1n) is 3.06. The monoisotopic (exact) mass is 230 g/mol. The van der Waals surface area contributed by atoms with Gasteiger partial charge in [-0.05, 0) is 28.1 Å². The van der Waals surface area contributed by atoms with E-state index >= 15 is 0 Å². The molecular formula is C7H4BrClN2. The summed E-state index contributed by atoms with van der Waals surface area (Å²) in [6.45, 7) is 0. The Morgan fingerprint density at radius 2 is 2.27 bits per heavy atom. The van der Waals surface area contributed by atoms with Gasteiger partial charge in [-0.2, -0.15) is 5.10 Å². The van der Waals surface area contributed by atoms with E-state index in [9.17, 15) is 0 Å². The maximum absolute atomic E-state index is 5.96. The van der Waals surface area contributed by atoms with Crippen LogP contribution in [0.4, 0.5) is 0 Å². The first-order valence-corrected chi connectivity index (χ1v) is 4.23. The van der Waals surface area contributed by atoms with Gasteiger partial charge < -0.3 is 0 Å². The molecule has 4 heteroatoms. The van der Waals surface area contributed by atoms with Crippen LogP contribution >= 0.6 is 27.5 Å². The molecule has 0 aliphatic rings. The molecule has 0 aliphatic heterocycles. The average Bonchev–Trinajstić information content (AvgIpc) is 2.45. The molecule has 0 spiro atoms. The summed E-state index contributed by atoms with van der Waals surface area (Å²) in [6.07, 6.45) is 1.71. The number of benzene rings is 1. The molecule has 0 unspecified atom stereocenters. The third-order valence-corrected chi connectivity index (χ3v) is 2.81. The number of H-pyrrole nitrogens is 1. The summed E-state index contributed by atoms with van der Waals surface area (Å²) in [4.78, 5) is 0. The van der Waals surface area contributed by atoms with E-state index in [2.05, 4.69) is 26.1 Å². The lowest BCUT2D eigenvalue weighted by Crippen LogP contribution is -1.70. The number of hydrogen-bond donors (Lipinski definition) is 1. The van der Waals surface area contributed by atoms with Crippen LogP contribution in [0.3, 0.4) is 0 Å². The number of nitrogens with one attached hydrogen (secondary N) is 1. The van der Waals surface area contributed by atoms with Crippen molar-refractivity contribution < 1.29 is 0 Å². The standard InChI is InChI=1S/C7H4BrClN2/c8-5-1-2-6-4(7(5)9)3-10-11-6/h1-3H,(H,10,11). The summed E-state index contributed by atoms with van der Waals surface area (Å²) < 4.78 is 0.896. The summed E-state index contributed by atoms with van der Waals surface area (Å²) in [5.41, 5.74) is 0.957. The molecule has 1 heterocycles. The van der Waals surface area contributed by atoms with Crippen LogP contribution in [0.25, 0.3) is 10.9 Å². The molecule has 56 valence electrons. The molecule has 0 fully saturated rings. The molecule has 0 aliphatic carbocycles. The fraction of sp³-hybridized carbons (Fsp3) is 0. The van der Waals surface area contributed by atoms with Gasteiger partial charge in [0.05, 0.1) is 16.7 Å². The number of halogens is 2. The highest BCUT2D eigenvalue weighted by Gasteiger charge is 2.03. The molecule has 1 aromatic heterocycles. The molecule has 0 amide bonds. The fourth-order valence-corrected chi connectivity index (χ4v) is 1.52. The Morgan fingerprint density at radius 3 is 3.09 bits per heavy atom. The van der Waals surface area contributed by atoms with Crippen molar-refractivity contribution in [2.45, 2.75) is 0 Å². The molecule has 2 nitrogen and oxygen atoms in total. The Bertz CT molecular complexity index is 396. The molecular weight excluding hydrogens is 227 g/mol. The minimum atomic E-state index is 0.705. The molecule has 0 bridgehead atoms. The van der Waals surface area contributed by atoms with Gasteiger partial charge in [-0.15, -0.1) is 0 Å². The summed E-state index contributed by atoms with van der Waals surface area (Å²) >= 11 is 9.29. The van der Waals surface area contributed by atoms with Crippen LogP contribution in [0.5, 0.6) is 0 Å². The average molecular weight is 231 g/mol. The van der Waals surface area contributed by atoms with Crippen molar-refractivity contribution in [3.05, 3.63) is 27.8 Å². The topological polar surface area (TPSA) is 28.7 Å². The lowest BCUT2D eigenvalue weighted by molar-refractivity contribution is 1.12. The normalized spacial score (nSPS) is 10.7. The molecule has 1 aromatic carbocycles. The Kier molecular flexibility index (Phi) is 1.62. The summed E-state index contributed by atoms with van der Waals surface area (Å²) in [7, 11) is 0. The van der Waals surface area contributed by atoms with Gasteiger partial charge in [0.25, 0.3) is 0 Å². The van der Waals surface area contributed by atoms with Crippen molar-refractivity contribution in [3.63, 3.8) is 0 Å². The number of aromatic amines is 1. The van der Waals surface area contributed by atoms with Gasteiger partial charge in [-0.25, -0.2) is 0 Å². The van der Waals surface area contributed by atoms with Gasteiger partial charge in [0, 0.05) is 9.86 Å². The first-order chi connectivity index (χ1) is 5.29.